The van der Waals surface area contributed by atoms with Crippen molar-refractivity contribution in [2.45, 2.75) is 6.18 Å². The quantitative estimate of drug-likeness (QED) is 0.433. The van der Waals surface area contributed by atoms with E-state index in [2.05, 4.69) is 4.74 Å². The number of rotatable bonds is 2. The Labute approximate surface area is 82.5 Å². The second-order valence-electron chi connectivity index (χ2n) is 2.54. The van der Waals surface area contributed by atoms with Crippen LogP contribution in [0, 0.1) is 0 Å². The fraction of sp³-hybridized carbons (Fsp3) is 0.111. The third-order valence-corrected chi connectivity index (χ3v) is 1.48. The van der Waals surface area contributed by atoms with E-state index >= 15 is 0 Å². The van der Waals surface area contributed by atoms with Crippen molar-refractivity contribution in [3.8, 4) is 5.75 Å². The van der Waals surface area contributed by atoms with Crippen LogP contribution in [-0.2, 0) is 4.79 Å². The molecule has 15 heavy (non-hydrogen) atoms. The zero-order valence-electron chi connectivity index (χ0n) is 7.25. The van der Waals surface area contributed by atoms with E-state index in [1.165, 1.54) is 18.2 Å². The normalized spacial score (nSPS) is 10.9. The van der Waals surface area contributed by atoms with Crippen LogP contribution < -0.4 is 4.74 Å². The van der Waals surface area contributed by atoms with Crippen LogP contribution in [0.5, 0.6) is 5.75 Å². The molecule has 0 saturated heterocycles. The first kappa shape index (κ1) is 11.2. The minimum absolute atomic E-state index is 0.116. The number of aldehydes is 1. The summed E-state index contributed by atoms with van der Waals surface area (Å²) in [6, 6.07) is 5.14. The van der Waals surface area contributed by atoms with Crippen molar-refractivity contribution < 1.29 is 27.5 Å². The number of hydrogen-bond donors (Lipinski definition) is 0. The molecule has 0 atom stereocenters. The smallest absolute Gasteiger partial charge is 0.419 e. The fourth-order valence-corrected chi connectivity index (χ4v) is 0.829. The summed E-state index contributed by atoms with van der Waals surface area (Å²) in [7, 11) is 0. The molecule has 0 N–H and O–H groups in total. The third kappa shape index (κ3) is 2.80. The molecule has 0 spiro atoms. The molecular formula is C9H5F3O3. The molecule has 0 amide bonds. The van der Waals surface area contributed by atoms with E-state index in [0.29, 0.717) is 6.29 Å². The van der Waals surface area contributed by atoms with Crippen LogP contribution in [0.25, 0.3) is 0 Å². The summed E-state index contributed by atoms with van der Waals surface area (Å²) < 4.78 is 39.4. The lowest BCUT2D eigenvalue weighted by Crippen LogP contribution is -2.28. The number of benzene rings is 1. The minimum atomic E-state index is -5.07. The Morgan fingerprint density at radius 1 is 1.27 bits per heavy atom. The first-order valence-electron chi connectivity index (χ1n) is 3.78. The molecule has 0 bridgehead atoms. The monoisotopic (exact) mass is 218 g/mol. The van der Waals surface area contributed by atoms with Crippen LogP contribution in [0.15, 0.2) is 24.3 Å². The Bertz CT molecular complexity index is 384. The molecular weight excluding hydrogens is 213 g/mol. The number of hydrogen-bond acceptors (Lipinski definition) is 3. The molecule has 1 aromatic rings. The van der Waals surface area contributed by atoms with E-state index in [0.717, 1.165) is 6.07 Å². The summed E-state index contributed by atoms with van der Waals surface area (Å²) in [5.41, 5.74) is -0.116. The molecule has 0 aliphatic carbocycles. The first-order chi connectivity index (χ1) is 6.95. The van der Waals surface area contributed by atoms with Crippen molar-refractivity contribution in [1.82, 2.24) is 0 Å². The van der Waals surface area contributed by atoms with Gasteiger partial charge in [0.15, 0.2) is 6.29 Å². The summed E-state index contributed by atoms with van der Waals surface area (Å²) in [6.07, 6.45) is -4.77. The molecule has 0 heterocycles. The average molecular weight is 218 g/mol. The Kier molecular flexibility index (Phi) is 3.08. The second-order valence-corrected chi connectivity index (χ2v) is 2.54. The Morgan fingerprint density at radius 3 is 2.40 bits per heavy atom. The number of carbonyl (C=O) groups is 2. The number of carbonyl (C=O) groups excluding carboxylic acids is 2. The van der Waals surface area contributed by atoms with Gasteiger partial charge in [-0.2, -0.15) is 13.2 Å². The lowest BCUT2D eigenvalue weighted by molar-refractivity contribution is -0.189. The number of alkyl halides is 3. The van der Waals surface area contributed by atoms with Crippen LogP contribution in [-0.4, -0.2) is 18.4 Å². The molecule has 80 valence electrons. The van der Waals surface area contributed by atoms with Gasteiger partial charge in [-0.3, -0.25) is 4.79 Å². The second kappa shape index (κ2) is 4.12. The predicted octanol–water partition coefficient (Wildman–Crippen LogP) is 1.97. The summed E-state index contributed by atoms with van der Waals surface area (Å²) in [5, 5.41) is 0. The lowest BCUT2D eigenvalue weighted by Gasteiger charge is -2.07. The maximum Gasteiger partial charge on any atom is 0.491 e. The van der Waals surface area contributed by atoms with Gasteiger partial charge in [0.05, 0.1) is 5.56 Å². The van der Waals surface area contributed by atoms with E-state index in [1.807, 2.05) is 0 Å². The van der Waals surface area contributed by atoms with Crippen molar-refractivity contribution >= 4 is 12.3 Å². The zero-order valence-corrected chi connectivity index (χ0v) is 7.25. The molecule has 1 aromatic carbocycles. The van der Waals surface area contributed by atoms with Crippen molar-refractivity contribution in [2.24, 2.45) is 0 Å². The molecule has 0 radical (unpaired) electrons. The van der Waals surface area contributed by atoms with Crippen LogP contribution in [0.1, 0.15) is 10.4 Å². The van der Waals surface area contributed by atoms with Crippen LogP contribution >= 0.6 is 0 Å². The van der Waals surface area contributed by atoms with Crippen LogP contribution in [0.3, 0.4) is 0 Å². The van der Waals surface area contributed by atoms with E-state index < -0.39 is 17.9 Å². The van der Waals surface area contributed by atoms with Crippen molar-refractivity contribution in [1.29, 1.82) is 0 Å². The van der Waals surface area contributed by atoms with Gasteiger partial charge >= 0.3 is 12.1 Å². The molecule has 0 aliphatic heterocycles. The van der Waals surface area contributed by atoms with Gasteiger partial charge in [-0.1, -0.05) is 12.1 Å². The van der Waals surface area contributed by atoms with E-state index in [-0.39, 0.29) is 5.56 Å². The summed E-state index contributed by atoms with van der Waals surface area (Å²) >= 11 is 0. The van der Waals surface area contributed by atoms with Gasteiger partial charge in [-0.25, -0.2) is 4.79 Å². The minimum Gasteiger partial charge on any atom is -0.419 e. The molecule has 0 saturated carbocycles. The topological polar surface area (TPSA) is 43.4 Å². The Morgan fingerprint density at radius 2 is 1.87 bits per heavy atom. The molecule has 0 unspecified atom stereocenters. The number of para-hydroxylation sites is 1. The maximum atomic E-state index is 11.8. The van der Waals surface area contributed by atoms with Crippen molar-refractivity contribution in [3.63, 3.8) is 0 Å². The molecule has 1 rings (SSSR count). The number of halogens is 3. The van der Waals surface area contributed by atoms with E-state index in [1.54, 1.807) is 0 Å². The summed E-state index contributed by atoms with van der Waals surface area (Å²) in [6.45, 7) is 0. The fourth-order valence-electron chi connectivity index (χ4n) is 0.829. The van der Waals surface area contributed by atoms with Gasteiger partial charge < -0.3 is 4.74 Å². The first-order valence-corrected chi connectivity index (χ1v) is 3.78. The molecule has 3 nitrogen and oxygen atoms in total. The molecule has 0 aromatic heterocycles. The van der Waals surface area contributed by atoms with Gasteiger partial charge in [-0.05, 0) is 12.1 Å². The third-order valence-electron chi connectivity index (χ3n) is 1.48. The summed E-state index contributed by atoms with van der Waals surface area (Å²) in [5.74, 6) is -2.76. The summed E-state index contributed by atoms with van der Waals surface area (Å²) in [4.78, 5) is 20.8. The van der Waals surface area contributed by atoms with Crippen molar-refractivity contribution in [2.75, 3.05) is 0 Å². The van der Waals surface area contributed by atoms with Gasteiger partial charge in [0, 0.05) is 0 Å². The highest BCUT2D eigenvalue weighted by atomic mass is 19.4. The van der Waals surface area contributed by atoms with E-state index in [4.69, 9.17) is 0 Å². The van der Waals surface area contributed by atoms with Gasteiger partial charge in [0.25, 0.3) is 0 Å². The Hall–Kier alpha value is -1.85. The highest BCUT2D eigenvalue weighted by Crippen LogP contribution is 2.21. The van der Waals surface area contributed by atoms with Crippen LogP contribution in [0.4, 0.5) is 13.2 Å². The molecule has 6 heteroatoms. The Balaban J connectivity index is 2.90. The largest absolute Gasteiger partial charge is 0.491 e. The number of esters is 1. The molecule has 0 aliphatic rings. The zero-order chi connectivity index (χ0) is 11.5. The SMILES string of the molecule is O=Cc1ccccc1OC(=O)C(F)(F)F. The molecule has 0 fully saturated rings. The van der Waals surface area contributed by atoms with Crippen LogP contribution in [0.2, 0.25) is 0 Å². The standard InChI is InChI=1S/C9H5F3O3/c10-9(11,12)8(14)15-7-4-2-1-3-6(7)5-13/h1-5H. The van der Waals surface area contributed by atoms with Gasteiger partial charge in [0.2, 0.25) is 0 Å². The van der Waals surface area contributed by atoms with E-state index in [9.17, 15) is 22.8 Å². The average Bonchev–Trinajstić information content (AvgIpc) is 2.17. The van der Waals surface area contributed by atoms with Gasteiger partial charge in [0.1, 0.15) is 5.75 Å². The highest BCUT2D eigenvalue weighted by Gasteiger charge is 2.41. The predicted molar refractivity (Wildman–Crippen MR) is 43.5 cm³/mol. The van der Waals surface area contributed by atoms with Crippen molar-refractivity contribution in [3.05, 3.63) is 29.8 Å². The maximum absolute atomic E-state index is 11.8. The van der Waals surface area contributed by atoms with Gasteiger partial charge in [-0.15, -0.1) is 0 Å². The highest BCUT2D eigenvalue weighted by molar-refractivity contribution is 5.84. The lowest BCUT2D eigenvalue weighted by atomic mass is 10.2. The number of ether oxygens (including phenoxy) is 1.